The van der Waals surface area contributed by atoms with Gasteiger partial charge in [-0.3, -0.25) is 9.59 Å². The summed E-state index contributed by atoms with van der Waals surface area (Å²) in [5.41, 5.74) is 6.82. The van der Waals surface area contributed by atoms with Crippen LogP contribution in [-0.4, -0.2) is 53.8 Å². The van der Waals surface area contributed by atoms with E-state index in [0.717, 1.165) is 44.3 Å². The van der Waals surface area contributed by atoms with Crippen molar-refractivity contribution >= 4 is 11.8 Å². The van der Waals surface area contributed by atoms with Crippen LogP contribution < -0.4 is 5.73 Å². The summed E-state index contributed by atoms with van der Waals surface area (Å²) in [4.78, 5) is 29.2. The molecule has 2 amide bonds. The maximum atomic E-state index is 12.8. The van der Waals surface area contributed by atoms with Crippen molar-refractivity contribution in [2.75, 3.05) is 26.2 Å². The summed E-state index contributed by atoms with van der Waals surface area (Å²) in [6, 6.07) is 9.99. The molecule has 1 aromatic rings. The molecule has 2 aliphatic heterocycles. The first-order valence-electron chi connectivity index (χ1n) is 9.01. The van der Waals surface area contributed by atoms with Crippen molar-refractivity contribution in [3.8, 4) is 0 Å². The second-order valence-electron chi connectivity index (χ2n) is 6.90. The van der Waals surface area contributed by atoms with Crippen LogP contribution in [0.25, 0.3) is 0 Å². The molecule has 3 rings (SSSR count). The van der Waals surface area contributed by atoms with Crippen molar-refractivity contribution in [1.82, 2.24) is 9.80 Å². The number of amides is 2. The number of rotatable bonds is 4. The van der Waals surface area contributed by atoms with E-state index in [-0.39, 0.29) is 23.8 Å². The topological polar surface area (TPSA) is 66.6 Å². The second-order valence-corrected chi connectivity index (χ2v) is 6.90. The van der Waals surface area contributed by atoms with E-state index < -0.39 is 0 Å². The third kappa shape index (κ3) is 3.78. The monoisotopic (exact) mass is 329 g/mol. The highest BCUT2D eigenvalue weighted by Crippen LogP contribution is 2.24. The van der Waals surface area contributed by atoms with Gasteiger partial charge in [-0.15, -0.1) is 0 Å². The lowest BCUT2D eigenvalue weighted by atomic mass is 9.95. The van der Waals surface area contributed by atoms with Gasteiger partial charge in [0, 0.05) is 32.2 Å². The molecule has 0 aliphatic carbocycles. The summed E-state index contributed by atoms with van der Waals surface area (Å²) in [7, 11) is 0. The van der Waals surface area contributed by atoms with Crippen LogP contribution in [0.1, 0.15) is 31.2 Å². The molecular formula is C19H27N3O2. The van der Waals surface area contributed by atoms with E-state index in [1.165, 1.54) is 0 Å². The highest BCUT2D eigenvalue weighted by molar-refractivity contribution is 5.82. The quantitative estimate of drug-likeness (QED) is 0.908. The maximum absolute atomic E-state index is 12.8. The molecule has 5 nitrogen and oxygen atoms in total. The van der Waals surface area contributed by atoms with Crippen LogP contribution in [0.4, 0.5) is 0 Å². The summed E-state index contributed by atoms with van der Waals surface area (Å²) in [6.07, 6.45) is 4.24. The lowest BCUT2D eigenvalue weighted by Crippen LogP contribution is -2.49. The molecule has 24 heavy (non-hydrogen) atoms. The van der Waals surface area contributed by atoms with Crippen LogP contribution in [0.15, 0.2) is 30.3 Å². The molecular weight excluding hydrogens is 302 g/mol. The highest BCUT2D eigenvalue weighted by Gasteiger charge is 2.35. The predicted molar refractivity (Wildman–Crippen MR) is 93.2 cm³/mol. The van der Waals surface area contributed by atoms with Crippen LogP contribution in [0.3, 0.4) is 0 Å². The molecule has 0 bridgehead atoms. The predicted octanol–water partition coefficient (Wildman–Crippen LogP) is 1.42. The van der Waals surface area contributed by atoms with Crippen molar-refractivity contribution in [1.29, 1.82) is 0 Å². The average molecular weight is 329 g/mol. The number of benzene rings is 1. The van der Waals surface area contributed by atoms with Gasteiger partial charge in [-0.2, -0.15) is 0 Å². The Morgan fingerprint density at radius 2 is 1.83 bits per heavy atom. The Labute approximate surface area is 143 Å². The van der Waals surface area contributed by atoms with E-state index in [0.29, 0.717) is 19.5 Å². The van der Waals surface area contributed by atoms with E-state index in [1.54, 1.807) is 0 Å². The van der Waals surface area contributed by atoms with Crippen molar-refractivity contribution in [2.45, 2.75) is 38.1 Å². The van der Waals surface area contributed by atoms with Crippen molar-refractivity contribution in [3.63, 3.8) is 0 Å². The van der Waals surface area contributed by atoms with Gasteiger partial charge in [0.25, 0.3) is 0 Å². The van der Waals surface area contributed by atoms with Crippen LogP contribution in [0, 0.1) is 5.92 Å². The van der Waals surface area contributed by atoms with Crippen LogP contribution in [0.5, 0.6) is 0 Å². The molecule has 0 spiro atoms. The fourth-order valence-electron chi connectivity index (χ4n) is 3.89. The third-order valence-corrected chi connectivity index (χ3v) is 5.25. The van der Waals surface area contributed by atoms with E-state index in [4.69, 9.17) is 5.73 Å². The summed E-state index contributed by atoms with van der Waals surface area (Å²) in [5.74, 6) is 0.251. The van der Waals surface area contributed by atoms with E-state index >= 15 is 0 Å². The summed E-state index contributed by atoms with van der Waals surface area (Å²) in [5, 5.41) is 0. The lowest BCUT2D eigenvalue weighted by molar-refractivity contribution is -0.141. The zero-order chi connectivity index (χ0) is 16.9. The molecule has 0 aromatic heterocycles. The van der Waals surface area contributed by atoms with Crippen molar-refractivity contribution in [3.05, 3.63) is 35.9 Å². The first-order valence-corrected chi connectivity index (χ1v) is 9.01. The first kappa shape index (κ1) is 17.0. The number of likely N-dealkylation sites (tertiary alicyclic amines) is 2. The summed E-state index contributed by atoms with van der Waals surface area (Å²) >= 11 is 0. The number of hydrogen-bond donors (Lipinski definition) is 1. The molecule has 5 heteroatoms. The van der Waals surface area contributed by atoms with Gasteiger partial charge in [0.1, 0.15) is 0 Å². The molecule has 2 N–H and O–H groups in total. The van der Waals surface area contributed by atoms with Gasteiger partial charge in [0.2, 0.25) is 11.8 Å². The Hall–Kier alpha value is -1.88. The molecule has 2 saturated heterocycles. The first-order chi connectivity index (χ1) is 11.7. The summed E-state index contributed by atoms with van der Waals surface area (Å²) < 4.78 is 0. The van der Waals surface area contributed by atoms with Gasteiger partial charge < -0.3 is 15.5 Å². The number of piperidine rings is 1. The maximum Gasteiger partial charge on any atom is 0.227 e. The zero-order valence-electron chi connectivity index (χ0n) is 14.2. The average Bonchev–Trinajstić information content (AvgIpc) is 3.10. The minimum atomic E-state index is -0.0642. The fraction of sp³-hybridized carbons (Fsp3) is 0.579. The van der Waals surface area contributed by atoms with Crippen LogP contribution in [0.2, 0.25) is 0 Å². The highest BCUT2D eigenvalue weighted by atomic mass is 16.2. The van der Waals surface area contributed by atoms with Gasteiger partial charge in [-0.1, -0.05) is 30.3 Å². The fourth-order valence-corrected chi connectivity index (χ4v) is 3.89. The molecule has 2 atom stereocenters. The minimum absolute atomic E-state index is 0.0642. The molecule has 2 unspecified atom stereocenters. The normalized spacial score (nSPS) is 24.2. The molecule has 1 aromatic carbocycles. The molecule has 2 aliphatic rings. The Balaban J connectivity index is 1.59. The van der Waals surface area contributed by atoms with Gasteiger partial charge >= 0.3 is 0 Å². The van der Waals surface area contributed by atoms with E-state index in [2.05, 4.69) is 0 Å². The zero-order valence-corrected chi connectivity index (χ0v) is 14.2. The number of carbonyl (C=O) groups is 2. The molecule has 2 heterocycles. The van der Waals surface area contributed by atoms with Crippen molar-refractivity contribution < 1.29 is 9.59 Å². The Kier molecular flexibility index (Phi) is 5.51. The molecule has 0 saturated carbocycles. The molecule has 130 valence electrons. The van der Waals surface area contributed by atoms with E-state index in [1.807, 2.05) is 40.1 Å². The Morgan fingerprint density at radius 1 is 1.08 bits per heavy atom. The Bertz CT molecular complexity index is 575. The van der Waals surface area contributed by atoms with E-state index in [9.17, 15) is 9.59 Å². The summed E-state index contributed by atoms with van der Waals surface area (Å²) in [6.45, 7) is 2.67. The minimum Gasteiger partial charge on any atom is -0.342 e. The van der Waals surface area contributed by atoms with Gasteiger partial charge in [-0.05, 0) is 31.2 Å². The lowest BCUT2D eigenvalue weighted by Gasteiger charge is -2.35. The Morgan fingerprint density at radius 3 is 2.58 bits per heavy atom. The number of hydrogen-bond acceptors (Lipinski definition) is 3. The van der Waals surface area contributed by atoms with Gasteiger partial charge in [0.15, 0.2) is 0 Å². The largest absolute Gasteiger partial charge is 0.342 e. The SMILES string of the molecule is NCC1CCCN1C(=O)C1CCCN(C(=O)Cc2ccccc2)C1. The number of nitrogens with two attached hydrogens (primary N) is 1. The number of nitrogens with zero attached hydrogens (tertiary/aromatic N) is 2. The van der Waals surface area contributed by atoms with Crippen LogP contribution in [-0.2, 0) is 16.0 Å². The van der Waals surface area contributed by atoms with Crippen LogP contribution >= 0.6 is 0 Å². The van der Waals surface area contributed by atoms with Gasteiger partial charge in [0.05, 0.1) is 12.3 Å². The molecule has 0 radical (unpaired) electrons. The number of carbonyl (C=O) groups excluding carboxylic acids is 2. The van der Waals surface area contributed by atoms with Gasteiger partial charge in [-0.25, -0.2) is 0 Å². The standard InChI is InChI=1S/C19H27N3O2/c20-13-17-9-5-11-22(17)19(24)16-8-4-10-21(14-16)18(23)12-15-6-2-1-3-7-15/h1-3,6-7,16-17H,4-5,8-14,20H2. The second kappa shape index (κ2) is 7.79. The molecule has 2 fully saturated rings. The van der Waals surface area contributed by atoms with Crippen molar-refractivity contribution in [2.24, 2.45) is 11.7 Å². The third-order valence-electron chi connectivity index (χ3n) is 5.25. The smallest absolute Gasteiger partial charge is 0.227 e.